The summed E-state index contributed by atoms with van der Waals surface area (Å²) in [6.07, 6.45) is -0.771. The highest BCUT2D eigenvalue weighted by Crippen LogP contribution is 2.41. The number of ether oxygens (including phenoxy) is 1. The van der Waals surface area contributed by atoms with E-state index in [1.165, 1.54) is 0 Å². The lowest BCUT2D eigenvalue weighted by atomic mass is 9.68. The van der Waals surface area contributed by atoms with Crippen molar-refractivity contribution in [1.82, 2.24) is 0 Å². The average Bonchev–Trinajstić information content (AvgIpc) is 2.79. The first kappa shape index (κ1) is 23.9. The van der Waals surface area contributed by atoms with Crippen LogP contribution >= 0.6 is 0 Å². The largest absolute Gasteiger partial charge is 0.410 e. The second-order valence-electron chi connectivity index (χ2n) is 9.25. The Bertz CT molecular complexity index is 1040. The van der Waals surface area contributed by atoms with Crippen LogP contribution in [-0.2, 0) is 21.2 Å². The number of hydrogen-bond acceptors (Lipinski definition) is 3. The molecule has 0 N–H and O–H groups in total. The van der Waals surface area contributed by atoms with Gasteiger partial charge in [0.05, 0.1) is 24.9 Å². The van der Waals surface area contributed by atoms with Gasteiger partial charge < -0.3 is 9.16 Å². The molecule has 166 valence electrons. The number of hydrogen-bond donors (Lipinski definition) is 0. The summed E-state index contributed by atoms with van der Waals surface area (Å²) in [6, 6.07) is 31.0. The van der Waals surface area contributed by atoms with Gasteiger partial charge in [-0.25, -0.2) is 0 Å². The first-order valence-corrected chi connectivity index (χ1v) is 14.5. The van der Waals surface area contributed by atoms with Crippen LogP contribution in [0.3, 0.4) is 0 Å². The van der Waals surface area contributed by atoms with Crippen LogP contribution in [0.4, 0.5) is 0 Å². The summed E-state index contributed by atoms with van der Waals surface area (Å²) in [7, 11) is -2.03. The van der Waals surface area contributed by atoms with Gasteiger partial charge in [0.1, 0.15) is 5.41 Å². The van der Waals surface area contributed by atoms with Crippen LogP contribution in [0.15, 0.2) is 84.9 Å². The van der Waals surface area contributed by atoms with Crippen LogP contribution in [0.5, 0.6) is 0 Å². The van der Waals surface area contributed by atoms with Gasteiger partial charge in [-0.2, -0.15) is 5.26 Å². The highest BCUT2D eigenvalue weighted by molar-refractivity contribution is 6.69. The molecule has 0 aromatic heterocycles. The number of benzene rings is 3. The third-order valence-electron chi connectivity index (χ3n) is 5.66. The van der Waals surface area contributed by atoms with Crippen LogP contribution < -0.4 is 0 Å². The molecule has 0 saturated carbocycles. The van der Waals surface area contributed by atoms with Crippen molar-refractivity contribution < 1.29 is 9.16 Å². The SMILES string of the molecule is Cc1ccccc1[C@@](C#N)(c1ccccc1)[C@H](O[Si](C)(C)C)[C@H](C)OCc1ccccc1. The second-order valence-corrected chi connectivity index (χ2v) is 13.7. The minimum absolute atomic E-state index is 0.304. The van der Waals surface area contributed by atoms with Crippen LogP contribution in [0.1, 0.15) is 29.2 Å². The zero-order chi connectivity index (χ0) is 23.2. The summed E-state index contributed by atoms with van der Waals surface area (Å²) >= 11 is 0. The molecule has 3 atom stereocenters. The molecule has 3 nitrogen and oxygen atoms in total. The minimum Gasteiger partial charge on any atom is -0.410 e. The van der Waals surface area contributed by atoms with Crippen LogP contribution in [0, 0.1) is 18.3 Å². The van der Waals surface area contributed by atoms with Crippen molar-refractivity contribution in [3.8, 4) is 6.07 Å². The standard InChI is InChI=1S/C28H33NO2Si/c1-22-14-12-13-19-26(22)28(21-29,25-17-10-7-11-18-25)27(31-32(3,4)5)23(2)30-20-24-15-8-6-9-16-24/h6-19,23,27H,20H2,1-5H3/t23-,27+,28+/m0/s1. The van der Waals surface area contributed by atoms with Crippen molar-refractivity contribution in [3.05, 3.63) is 107 Å². The van der Waals surface area contributed by atoms with Crippen molar-refractivity contribution in [2.45, 2.75) is 57.7 Å². The summed E-state index contributed by atoms with van der Waals surface area (Å²) in [5.74, 6) is 0. The molecule has 0 fully saturated rings. The summed E-state index contributed by atoms with van der Waals surface area (Å²) < 4.78 is 13.2. The lowest BCUT2D eigenvalue weighted by molar-refractivity contribution is -0.0437. The van der Waals surface area contributed by atoms with E-state index >= 15 is 0 Å². The number of rotatable bonds is 9. The fourth-order valence-corrected chi connectivity index (χ4v) is 5.31. The molecule has 0 aliphatic heterocycles. The van der Waals surface area contributed by atoms with E-state index < -0.39 is 19.8 Å². The van der Waals surface area contributed by atoms with Crippen LogP contribution in [0.25, 0.3) is 0 Å². The van der Waals surface area contributed by atoms with E-state index in [1.54, 1.807) is 0 Å². The fraction of sp³-hybridized carbons (Fsp3) is 0.321. The van der Waals surface area contributed by atoms with E-state index in [9.17, 15) is 5.26 Å². The summed E-state index contributed by atoms with van der Waals surface area (Å²) in [5, 5.41) is 10.8. The van der Waals surface area contributed by atoms with Crippen LogP contribution in [0.2, 0.25) is 19.6 Å². The Morgan fingerprint density at radius 2 is 1.44 bits per heavy atom. The zero-order valence-corrected chi connectivity index (χ0v) is 20.7. The van der Waals surface area contributed by atoms with Crippen molar-refractivity contribution in [3.63, 3.8) is 0 Å². The maximum atomic E-state index is 10.8. The van der Waals surface area contributed by atoms with E-state index in [-0.39, 0.29) is 6.10 Å². The molecule has 0 heterocycles. The number of nitriles is 1. The molecule has 0 aliphatic carbocycles. The topological polar surface area (TPSA) is 42.2 Å². The van der Waals surface area contributed by atoms with E-state index in [2.05, 4.69) is 56.9 Å². The minimum atomic E-state index is -2.03. The van der Waals surface area contributed by atoms with Crippen molar-refractivity contribution in [2.75, 3.05) is 0 Å². The van der Waals surface area contributed by atoms with Gasteiger partial charge in [-0.1, -0.05) is 84.9 Å². The van der Waals surface area contributed by atoms with Gasteiger partial charge in [0.25, 0.3) is 0 Å². The molecule has 0 aliphatic rings. The molecule has 0 spiro atoms. The monoisotopic (exact) mass is 443 g/mol. The van der Waals surface area contributed by atoms with Gasteiger partial charge in [-0.15, -0.1) is 0 Å². The Kier molecular flexibility index (Phi) is 7.68. The molecule has 3 rings (SSSR count). The Balaban J connectivity index is 2.13. The maximum absolute atomic E-state index is 10.8. The zero-order valence-electron chi connectivity index (χ0n) is 19.7. The van der Waals surface area contributed by atoms with Crippen molar-refractivity contribution in [1.29, 1.82) is 5.26 Å². The average molecular weight is 444 g/mol. The summed E-state index contributed by atoms with van der Waals surface area (Å²) in [5.41, 5.74) is 3.06. The fourth-order valence-electron chi connectivity index (χ4n) is 4.18. The highest BCUT2D eigenvalue weighted by Gasteiger charge is 2.48. The van der Waals surface area contributed by atoms with E-state index in [4.69, 9.17) is 9.16 Å². The van der Waals surface area contributed by atoms with Gasteiger partial charge in [0, 0.05) is 0 Å². The smallest absolute Gasteiger partial charge is 0.184 e. The van der Waals surface area contributed by atoms with Crippen molar-refractivity contribution >= 4 is 8.32 Å². The maximum Gasteiger partial charge on any atom is 0.184 e. The van der Waals surface area contributed by atoms with E-state index in [0.29, 0.717) is 6.61 Å². The van der Waals surface area contributed by atoms with E-state index in [1.807, 2.05) is 67.6 Å². The Labute approximate surface area is 193 Å². The summed E-state index contributed by atoms with van der Waals surface area (Å²) in [4.78, 5) is 0. The van der Waals surface area contributed by atoms with Crippen LogP contribution in [-0.4, -0.2) is 20.5 Å². The number of aryl methyl sites for hydroxylation is 1. The van der Waals surface area contributed by atoms with Gasteiger partial charge in [-0.3, -0.25) is 0 Å². The Hall–Kier alpha value is -2.71. The van der Waals surface area contributed by atoms with Gasteiger partial charge >= 0.3 is 0 Å². The molecular formula is C28H33NO2Si. The lowest BCUT2D eigenvalue weighted by Crippen LogP contribution is -2.52. The normalized spacial score (nSPS) is 15.4. The first-order chi connectivity index (χ1) is 15.3. The second kappa shape index (κ2) is 10.3. The molecule has 0 amide bonds. The molecule has 3 aromatic rings. The predicted octanol–water partition coefficient (Wildman–Crippen LogP) is 6.63. The first-order valence-electron chi connectivity index (χ1n) is 11.1. The molecule has 0 bridgehead atoms. The molecule has 0 unspecified atom stereocenters. The highest BCUT2D eigenvalue weighted by atomic mass is 28.4. The van der Waals surface area contributed by atoms with Gasteiger partial charge in [-0.05, 0) is 55.7 Å². The number of nitrogens with zero attached hydrogens (tertiary/aromatic N) is 1. The third-order valence-corrected chi connectivity index (χ3v) is 6.63. The quantitative estimate of drug-likeness (QED) is 0.349. The van der Waals surface area contributed by atoms with Crippen molar-refractivity contribution in [2.24, 2.45) is 0 Å². The van der Waals surface area contributed by atoms with Gasteiger partial charge in [0.2, 0.25) is 0 Å². The van der Waals surface area contributed by atoms with E-state index in [0.717, 1.165) is 22.3 Å². The lowest BCUT2D eigenvalue weighted by Gasteiger charge is -2.42. The molecular weight excluding hydrogens is 410 g/mol. The molecule has 0 saturated heterocycles. The van der Waals surface area contributed by atoms with Gasteiger partial charge in [0.15, 0.2) is 8.32 Å². The molecule has 4 heteroatoms. The Morgan fingerprint density at radius 1 is 0.875 bits per heavy atom. The predicted molar refractivity (Wildman–Crippen MR) is 133 cm³/mol. The summed E-state index contributed by atoms with van der Waals surface area (Å²) in [6.45, 7) is 11.0. The molecule has 3 aromatic carbocycles. The third kappa shape index (κ3) is 5.36. The molecule has 0 radical (unpaired) electrons. The Morgan fingerprint density at radius 3 is 2.00 bits per heavy atom. The molecule has 32 heavy (non-hydrogen) atoms.